The van der Waals surface area contributed by atoms with Crippen LogP contribution in [-0.4, -0.2) is 19.7 Å². The van der Waals surface area contributed by atoms with Crippen LogP contribution in [0.25, 0.3) is 0 Å². The Kier molecular flexibility index (Phi) is 6.49. The summed E-state index contributed by atoms with van der Waals surface area (Å²) in [5.41, 5.74) is 7.86. The third kappa shape index (κ3) is 5.83. The van der Waals surface area contributed by atoms with Gasteiger partial charge in [-0.1, -0.05) is 26.0 Å². The van der Waals surface area contributed by atoms with Crippen molar-refractivity contribution >= 4 is 11.6 Å². The minimum absolute atomic E-state index is 0.369. The smallest absolute Gasteiger partial charge is 0.193 e. The Bertz CT molecular complexity index is 667. The number of hydrogen-bond acceptors (Lipinski definition) is 3. The molecule has 0 aliphatic carbocycles. The monoisotopic (exact) mass is 327 g/mol. The van der Waals surface area contributed by atoms with Crippen molar-refractivity contribution in [1.82, 2.24) is 0 Å². The second-order valence-corrected chi connectivity index (χ2v) is 5.91. The number of benzene rings is 2. The van der Waals surface area contributed by atoms with Crippen molar-refractivity contribution in [2.24, 2.45) is 16.6 Å². The number of nitrogens with two attached hydrogens (primary N) is 1. The predicted molar refractivity (Wildman–Crippen MR) is 98.7 cm³/mol. The minimum atomic E-state index is 0.369. The van der Waals surface area contributed by atoms with Gasteiger partial charge in [0.05, 0.1) is 20.3 Å². The van der Waals surface area contributed by atoms with Crippen LogP contribution in [0.2, 0.25) is 0 Å². The summed E-state index contributed by atoms with van der Waals surface area (Å²) < 4.78 is 10.8. The van der Waals surface area contributed by atoms with Crippen LogP contribution in [-0.2, 0) is 6.54 Å². The van der Waals surface area contributed by atoms with Gasteiger partial charge in [-0.25, -0.2) is 4.99 Å². The normalized spacial score (nSPS) is 11.4. The van der Waals surface area contributed by atoms with Gasteiger partial charge in [-0.2, -0.15) is 0 Å². The van der Waals surface area contributed by atoms with E-state index >= 15 is 0 Å². The van der Waals surface area contributed by atoms with E-state index in [9.17, 15) is 0 Å². The number of nitrogens with one attached hydrogen (secondary N) is 1. The first-order valence-corrected chi connectivity index (χ1v) is 7.99. The molecular formula is C19H25N3O2. The molecule has 24 heavy (non-hydrogen) atoms. The molecule has 0 aliphatic rings. The highest BCUT2D eigenvalue weighted by molar-refractivity contribution is 5.92. The number of methoxy groups -OCH3 is 1. The predicted octanol–water partition coefficient (Wildman–Crippen LogP) is 3.66. The Morgan fingerprint density at radius 2 is 1.88 bits per heavy atom. The van der Waals surface area contributed by atoms with Crippen LogP contribution < -0.4 is 20.5 Å². The average Bonchev–Trinajstić information content (AvgIpc) is 2.59. The molecule has 2 rings (SSSR count). The molecule has 0 fully saturated rings. The maximum absolute atomic E-state index is 5.94. The van der Waals surface area contributed by atoms with Gasteiger partial charge in [0.1, 0.15) is 11.5 Å². The van der Waals surface area contributed by atoms with E-state index in [-0.39, 0.29) is 0 Å². The number of aliphatic imine (C=N–C) groups is 1. The van der Waals surface area contributed by atoms with Crippen LogP contribution in [0.5, 0.6) is 11.5 Å². The van der Waals surface area contributed by atoms with E-state index < -0.39 is 0 Å². The molecule has 0 spiro atoms. The maximum Gasteiger partial charge on any atom is 0.193 e. The summed E-state index contributed by atoms with van der Waals surface area (Å²) in [6, 6.07) is 15.4. The van der Waals surface area contributed by atoms with Crippen molar-refractivity contribution in [2.45, 2.75) is 20.4 Å². The lowest BCUT2D eigenvalue weighted by atomic mass is 10.2. The number of hydrogen-bond donors (Lipinski definition) is 2. The Hall–Kier alpha value is -2.69. The quantitative estimate of drug-likeness (QED) is 0.601. The van der Waals surface area contributed by atoms with Gasteiger partial charge in [-0.15, -0.1) is 0 Å². The minimum Gasteiger partial charge on any atom is -0.497 e. The highest BCUT2D eigenvalue weighted by atomic mass is 16.5. The highest BCUT2D eigenvalue weighted by Crippen LogP contribution is 2.16. The Balaban J connectivity index is 1.92. The molecule has 2 aromatic carbocycles. The molecule has 3 N–H and O–H groups in total. The molecule has 0 atom stereocenters. The lowest BCUT2D eigenvalue weighted by Crippen LogP contribution is -2.22. The van der Waals surface area contributed by atoms with Crippen LogP contribution in [0, 0.1) is 5.92 Å². The molecule has 0 unspecified atom stereocenters. The number of ether oxygens (including phenoxy) is 2. The zero-order chi connectivity index (χ0) is 17.4. The van der Waals surface area contributed by atoms with Gasteiger partial charge >= 0.3 is 0 Å². The van der Waals surface area contributed by atoms with E-state index in [1.54, 1.807) is 7.11 Å². The number of nitrogens with zero attached hydrogens (tertiary/aromatic N) is 1. The molecule has 128 valence electrons. The second kappa shape index (κ2) is 8.82. The Morgan fingerprint density at radius 1 is 1.12 bits per heavy atom. The average molecular weight is 327 g/mol. The third-order valence-corrected chi connectivity index (χ3v) is 3.28. The molecule has 5 nitrogen and oxygen atoms in total. The summed E-state index contributed by atoms with van der Waals surface area (Å²) in [6.07, 6.45) is 0. The first-order chi connectivity index (χ1) is 11.6. The van der Waals surface area contributed by atoms with Gasteiger partial charge < -0.3 is 20.5 Å². The fourth-order valence-corrected chi connectivity index (χ4v) is 2.03. The first kappa shape index (κ1) is 17.7. The number of guanidine groups is 1. The van der Waals surface area contributed by atoms with Crippen LogP contribution >= 0.6 is 0 Å². The van der Waals surface area contributed by atoms with Crippen LogP contribution in [0.15, 0.2) is 53.5 Å². The Labute approximate surface area is 143 Å². The van der Waals surface area contributed by atoms with Crippen molar-refractivity contribution in [3.63, 3.8) is 0 Å². The van der Waals surface area contributed by atoms with Gasteiger partial charge in [0, 0.05) is 5.69 Å². The second-order valence-electron chi connectivity index (χ2n) is 5.91. The van der Waals surface area contributed by atoms with Crippen LogP contribution in [0.1, 0.15) is 19.4 Å². The fourth-order valence-electron chi connectivity index (χ4n) is 2.03. The molecular weight excluding hydrogens is 302 g/mol. The van der Waals surface area contributed by atoms with E-state index in [1.165, 1.54) is 0 Å². The van der Waals surface area contributed by atoms with Crippen molar-refractivity contribution in [2.75, 3.05) is 19.0 Å². The zero-order valence-electron chi connectivity index (χ0n) is 14.5. The van der Waals surface area contributed by atoms with Crippen LogP contribution in [0.3, 0.4) is 0 Å². The largest absolute Gasteiger partial charge is 0.497 e. The van der Waals surface area contributed by atoms with Gasteiger partial charge in [0.25, 0.3) is 0 Å². The first-order valence-electron chi connectivity index (χ1n) is 7.99. The molecule has 0 radical (unpaired) electrons. The van der Waals surface area contributed by atoms with Gasteiger partial charge in [-0.3, -0.25) is 0 Å². The fraction of sp³-hybridized carbons (Fsp3) is 0.316. The molecule has 0 amide bonds. The van der Waals surface area contributed by atoms with E-state index in [1.807, 2.05) is 48.5 Å². The molecule has 0 heterocycles. The Morgan fingerprint density at radius 3 is 2.54 bits per heavy atom. The van der Waals surface area contributed by atoms with Gasteiger partial charge in [0.15, 0.2) is 5.96 Å². The SMILES string of the molecule is COc1ccc(NC(N)=NCc2cccc(OCC(C)C)c2)cc1. The topological polar surface area (TPSA) is 68.9 Å². The van der Waals surface area contributed by atoms with E-state index in [2.05, 4.69) is 24.2 Å². The summed E-state index contributed by atoms with van der Waals surface area (Å²) in [5, 5.41) is 3.06. The molecule has 2 aromatic rings. The molecule has 0 bridgehead atoms. The molecule has 0 aromatic heterocycles. The lowest BCUT2D eigenvalue weighted by molar-refractivity contribution is 0.271. The molecule has 5 heteroatoms. The van der Waals surface area contributed by atoms with Gasteiger partial charge in [-0.05, 0) is 47.9 Å². The number of anilines is 1. The van der Waals surface area contributed by atoms with Crippen LogP contribution in [0.4, 0.5) is 5.69 Å². The standard InChI is InChI=1S/C19H25N3O2/c1-14(2)13-24-18-6-4-5-15(11-18)12-21-19(20)22-16-7-9-17(23-3)10-8-16/h4-11,14H,12-13H2,1-3H3,(H3,20,21,22). The van der Waals surface area contributed by atoms with E-state index in [4.69, 9.17) is 15.2 Å². The molecule has 0 saturated carbocycles. The van der Waals surface area contributed by atoms with E-state index in [0.717, 1.165) is 22.7 Å². The third-order valence-electron chi connectivity index (χ3n) is 3.28. The van der Waals surface area contributed by atoms with Crippen molar-refractivity contribution in [3.05, 3.63) is 54.1 Å². The molecule has 0 saturated heterocycles. The number of rotatable bonds is 7. The van der Waals surface area contributed by atoms with Crippen molar-refractivity contribution in [1.29, 1.82) is 0 Å². The van der Waals surface area contributed by atoms with Crippen molar-refractivity contribution in [3.8, 4) is 11.5 Å². The van der Waals surface area contributed by atoms with Crippen molar-refractivity contribution < 1.29 is 9.47 Å². The summed E-state index contributed by atoms with van der Waals surface area (Å²) in [6.45, 7) is 5.45. The summed E-state index contributed by atoms with van der Waals surface area (Å²) >= 11 is 0. The molecule has 0 aliphatic heterocycles. The zero-order valence-corrected chi connectivity index (χ0v) is 14.5. The summed E-state index contributed by atoms with van der Waals surface area (Å²) in [7, 11) is 1.64. The highest BCUT2D eigenvalue weighted by Gasteiger charge is 2.00. The summed E-state index contributed by atoms with van der Waals surface area (Å²) in [5.74, 6) is 2.53. The van der Waals surface area contributed by atoms with Gasteiger partial charge in [0.2, 0.25) is 0 Å². The van der Waals surface area contributed by atoms with E-state index in [0.29, 0.717) is 25.0 Å². The maximum atomic E-state index is 5.94. The lowest BCUT2D eigenvalue weighted by Gasteiger charge is -2.10. The summed E-state index contributed by atoms with van der Waals surface area (Å²) in [4.78, 5) is 4.37.